The molecule has 23 heavy (non-hydrogen) atoms. The minimum absolute atomic E-state index is 0.138. The Hall–Kier alpha value is -1.40. The number of hydrogen-bond acceptors (Lipinski definition) is 3. The quantitative estimate of drug-likeness (QED) is 0.895. The number of nitrogens with zero attached hydrogens (tertiary/aromatic N) is 1. The van der Waals surface area contributed by atoms with Crippen molar-refractivity contribution in [2.24, 2.45) is 5.73 Å². The maximum atomic E-state index is 13.2. The second kappa shape index (κ2) is 7.01. The highest BCUT2D eigenvalue weighted by Gasteiger charge is 2.35. The lowest BCUT2D eigenvalue weighted by molar-refractivity contribution is -0.118. The summed E-state index contributed by atoms with van der Waals surface area (Å²) < 4.78 is 27.8. The van der Waals surface area contributed by atoms with Gasteiger partial charge in [-0.15, -0.1) is 0 Å². The van der Waals surface area contributed by atoms with E-state index in [0.29, 0.717) is 16.0 Å². The third-order valence-corrected chi connectivity index (χ3v) is 6.67. The van der Waals surface area contributed by atoms with E-state index in [9.17, 15) is 13.2 Å². The van der Waals surface area contributed by atoms with Crippen LogP contribution in [-0.2, 0) is 14.8 Å². The van der Waals surface area contributed by atoms with E-state index in [2.05, 4.69) is 0 Å². The lowest BCUT2D eigenvalue weighted by Crippen LogP contribution is -2.46. The third-order valence-electron chi connectivity index (χ3n) is 4.46. The second-order valence-electron chi connectivity index (χ2n) is 6.54. The van der Waals surface area contributed by atoms with Crippen molar-refractivity contribution < 1.29 is 13.2 Å². The molecule has 1 aromatic rings. The van der Waals surface area contributed by atoms with Gasteiger partial charge < -0.3 is 5.73 Å². The number of amides is 1. The van der Waals surface area contributed by atoms with Crippen LogP contribution in [0.15, 0.2) is 17.0 Å². The predicted octanol–water partition coefficient (Wildman–Crippen LogP) is 2.42. The van der Waals surface area contributed by atoms with Crippen molar-refractivity contribution in [1.82, 2.24) is 4.31 Å². The molecule has 2 rings (SSSR count). The molecule has 1 aliphatic rings. The molecule has 5 nitrogen and oxygen atoms in total. The molecule has 0 spiro atoms. The maximum absolute atomic E-state index is 13.2. The van der Waals surface area contributed by atoms with Crippen molar-refractivity contribution in [3.8, 4) is 0 Å². The summed E-state index contributed by atoms with van der Waals surface area (Å²) in [5.41, 5.74) is 7.79. The average Bonchev–Trinajstić information content (AvgIpc) is 2.44. The van der Waals surface area contributed by atoms with Crippen LogP contribution >= 0.6 is 0 Å². The van der Waals surface area contributed by atoms with Crippen LogP contribution in [0.25, 0.3) is 0 Å². The van der Waals surface area contributed by atoms with Crippen molar-refractivity contribution in [2.75, 3.05) is 6.54 Å². The van der Waals surface area contributed by atoms with Crippen molar-refractivity contribution >= 4 is 15.9 Å². The lowest BCUT2D eigenvalue weighted by Gasteiger charge is -2.33. The van der Waals surface area contributed by atoms with Crippen LogP contribution < -0.4 is 5.73 Å². The molecule has 128 valence electrons. The predicted molar refractivity (Wildman–Crippen MR) is 90.6 cm³/mol. The Balaban J connectivity index is 2.49. The minimum Gasteiger partial charge on any atom is -0.369 e. The Morgan fingerprint density at radius 3 is 2.13 bits per heavy atom. The summed E-state index contributed by atoms with van der Waals surface area (Å²) in [5.74, 6) is -0.610. The number of rotatable bonds is 5. The van der Waals surface area contributed by atoms with E-state index in [1.807, 2.05) is 19.1 Å². The molecule has 0 aliphatic heterocycles. The van der Waals surface area contributed by atoms with Gasteiger partial charge in [0.1, 0.15) is 0 Å². The molecular formula is C17H26N2O3S. The molecule has 0 heterocycles. The third kappa shape index (κ3) is 3.93. The zero-order valence-electron chi connectivity index (χ0n) is 14.1. The van der Waals surface area contributed by atoms with Gasteiger partial charge in [0.05, 0.1) is 11.4 Å². The van der Waals surface area contributed by atoms with Gasteiger partial charge in [0.2, 0.25) is 15.9 Å². The van der Waals surface area contributed by atoms with Crippen LogP contribution in [-0.4, -0.2) is 31.2 Å². The zero-order chi connectivity index (χ0) is 17.2. The van der Waals surface area contributed by atoms with E-state index in [1.165, 1.54) is 4.31 Å². The Bertz CT molecular complexity index is 669. The highest BCUT2D eigenvalue weighted by atomic mass is 32.2. The Morgan fingerprint density at radius 2 is 1.65 bits per heavy atom. The monoisotopic (exact) mass is 338 g/mol. The molecule has 0 unspecified atom stereocenters. The van der Waals surface area contributed by atoms with E-state index >= 15 is 0 Å². The van der Waals surface area contributed by atoms with Gasteiger partial charge in [-0.2, -0.15) is 4.31 Å². The van der Waals surface area contributed by atoms with Crippen LogP contribution in [0, 0.1) is 20.8 Å². The van der Waals surface area contributed by atoms with Crippen molar-refractivity contribution in [2.45, 2.75) is 63.8 Å². The van der Waals surface area contributed by atoms with Gasteiger partial charge >= 0.3 is 0 Å². The Kier molecular flexibility index (Phi) is 5.47. The van der Waals surface area contributed by atoms with E-state index in [-0.39, 0.29) is 12.6 Å². The van der Waals surface area contributed by atoms with E-state index in [1.54, 1.807) is 13.8 Å². The standard InChI is InChI=1S/C17H26N2O3S/c1-12-9-13(2)17(14(3)10-12)23(21,22)19(11-16(18)20)15-7-5-4-6-8-15/h9-10,15H,4-8,11H2,1-3H3,(H2,18,20). The molecule has 1 fully saturated rings. The van der Waals surface area contributed by atoms with Gasteiger partial charge in [-0.25, -0.2) is 8.42 Å². The summed E-state index contributed by atoms with van der Waals surface area (Å²) in [5, 5.41) is 0. The fourth-order valence-corrected chi connectivity index (χ4v) is 5.69. The van der Waals surface area contributed by atoms with Crippen LogP contribution in [0.5, 0.6) is 0 Å². The number of primary amides is 1. The molecule has 2 N–H and O–H groups in total. The van der Waals surface area contributed by atoms with E-state index in [4.69, 9.17) is 5.73 Å². The fourth-order valence-electron chi connectivity index (χ4n) is 3.62. The van der Waals surface area contributed by atoms with E-state index in [0.717, 1.165) is 37.7 Å². The molecular weight excluding hydrogens is 312 g/mol. The molecule has 1 aliphatic carbocycles. The fraction of sp³-hybridized carbons (Fsp3) is 0.588. The van der Waals surface area contributed by atoms with Gasteiger partial charge in [0.15, 0.2) is 0 Å². The molecule has 1 aromatic carbocycles. The molecule has 0 saturated heterocycles. The van der Waals surface area contributed by atoms with Gasteiger partial charge in [-0.1, -0.05) is 37.0 Å². The minimum atomic E-state index is -3.74. The smallest absolute Gasteiger partial charge is 0.244 e. The van der Waals surface area contributed by atoms with Crippen LogP contribution in [0.4, 0.5) is 0 Å². The molecule has 0 bridgehead atoms. The van der Waals surface area contributed by atoms with Crippen molar-refractivity contribution in [1.29, 1.82) is 0 Å². The van der Waals surface area contributed by atoms with Crippen LogP contribution in [0.2, 0.25) is 0 Å². The van der Waals surface area contributed by atoms with Crippen molar-refractivity contribution in [3.05, 3.63) is 28.8 Å². The summed E-state index contributed by atoms with van der Waals surface area (Å²) in [6, 6.07) is 3.59. The number of hydrogen-bond donors (Lipinski definition) is 1. The summed E-state index contributed by atoms with van der Waals surface area (Å²) >= 11 is 0. The summed E-state index contributed by atoms with van der Waals surface area (Å²) in [4.78, 5) is 11.8. The topological polar surface area (TPSA) is 80.5 Å². The summed E-state index contributed by atoms with van der Waals surface area (Å²) in [6.45, 7) is 5.30. The number of nitrogens with two attached hydrogens (primary N) is 1. The first-order chi connectivity index (χ1) is 10.7. The van der Waals surface area contributed by atoms with Gasteiger partial charge in [-0.3, -0.25) is 4.79 Å². The first-order valence-corrected chi connectivity index (χ1v) is 9.55. The first kappa shape index (κ1) is 17.9. The van der Waals surface area contributed by atoms with Crippen LogP contribution in [0.3, 0.4) is 0 Å². The number of sulfonamides is 1. The molecule has 0 aromatic heterocycles. The molecule has 6 heteroatoms. The molecule has 0 radical (unpaired) electrons. The van der Waals surface area contributed by atoms with Gasteiger partial charge in [0, 0.05) is 6.04 Å². The highest BCUT2D eigenvalue weighted by molar-refractivity contribution is 7.89. The van der Waals surface area contributed by atoms with E-state index < -0.39 is 15.9 Å². The molecule has 0 atom stereocenters. The van der Waals surface area contributed by atoms with Gasteiger partial charge in [0.25, 0.3) is 0 Å². The van der Waals surface area contributed by atoms with Gasteiger partial charge in [-0.05, 0) is 44.7 Å². The second-order valence-corrected chi connectivity index (χ2v) is 8.36. The summed E-state index contributed by atoms with van der Waals surface area (Å²) in [7, 11) is -3.74. The zero-order valence-corrected chi connectivity index (χ0v) is 14.9. The summed E-state index contributed by atoms with van der Waals surface area (Å²) in [6.07, 6.45) is 4.67. The number of carbonyl (C=O) groups is 1. The Labute approximate surface area is 138 Å². The SMILES string of the molecule is Cc1cc(C)c(S(=O)(=O)N(CC(N)=O)C2CCCCC2)c(C)c1. The van der Waals surface area contributed by atoms with Crippen molar-refractivity contribution in [3.63, 3.8) is 0 Å². The molecule has 1 saturated carbocycles. The first-order valence-electron chi connectivity index (χ1n) is 8.11. The number of carbonyl (C=O) groups excluding carboxylic acids is 1. The molecule has 1 amide bonds. The highest BCUT2D eigenvalue weighted by Crippen LogP contribution is 2.31. The number of benzene rings is 1. The number of aryl methyl sites for hydroxylation is 3. The van der Waals surface area contributed by atoms with Crippen LogP contribution in [0.1, 0.15) is 48.8 Å². The maximum Gasteiger partial charge on any atom is 0.244 e. The Morgan fingerprint density at radius 1 is 1.13 bits per heavy atom. The average molecular weight is 338 g/mol. The normalized spacial score (nSPS) is 16.7. The lowest BCUT2D eigenvalue weighted by atomic mass is 9.95. The largest absolute Gasteiger partial charge is 0.369 e.